The van der Waals surface area contributed by atoms with Crippen molar-refractivity contribution in [3.05, 3.63) is 23.8 Å². The highest BCUT2D eigenvalue weighted by molar-refractivity contribution is 5.85. The number of nitrogens with one attached hydrogen (secondary N) is 1. The van der Waals surface area contributed by atoms with E-state index in [4.69, 9.17) is 9.47 Å². The Hall–Kier alpha value is -0.750. The second kappa shape index (κ2) is 10.1. The average molecular weight is 341 g/mol. The van der Waals surface area contributed by atoms with Crippen molar-refractivity contribution in [1.29, 1.82) is 0 Å². The molecule has 0 spiro atoms. The van der Waals surface area contributed by atoms with Crippen LogP contribution >= 0.6 is 24.8 Å². The van der Waals surface area contributed by atoms with E-state index in [0.717, 1.165) is 31.7 Å². The predicted octanol–water partition coefficient (Wildman–Crippen LogP) is 2.46. The van der Waals surface area contributed by atoms with Crippen LogP contribution in [0.25, 0.3) is 0 Å². The first-order valence-corrected chi connectivity index (χ1v) is 6.53. The summed E-state index contributed by atoms with van der Waals surface area (Å²) in [6, 6.07) is 5.34. The lowest BCUT2D eigenvalue weighted by Gasteiger charge is -2.34. The number of halogens is 3. The van der Waals surface area contributed by atoms with E-state index in [1.165, 1.54) is 0 Å². The Bertz CT molecular complexity index is 418. The quantitative estimate of drug-likeness (QED) is 0.892. The molecule has 0 bridgehead atoms. The molecule has 1 fully saturated rings. The van der Waals surface area contributed by atoms with E-state index in [1.807, 2.05) is 18.2 Å². The number of methoxy groups -OCH3 is 2. The minimum Gasteiger partial charge on any atom is -0.493 e. The van der Waals surface area contributed by atoms with Crippen LogP contribution in [0, 0.1) is 0 Å². The number of hydrogen-bond donors (Lipinski definition) is 1. The van der Waals surface area contributed by atoms with Gasteiger partial charge in [-0.1, -0.05) is 12.1 Å². The molecule has 1 aromatic carbocycles. The van der Waals surface area contributed by atoms with E-state index in [0.29, 0.717) is 11.5 Å². The van der Waals surface area contributed by atoms with Gasteiger partial charge in [-0.2, -0.15) is 0 Å². The zero-order chi connectivity index (χ0) is 13.7. The fourth-order valence-electron chi connectivity index (χ4n) is 2.55. The summed E-state index contributed by atoms with van der Waals surface area (Å²) in [4.78, 5) is 2.15. The number of ether oxygens (including phenoxy) is 2. The van der Waals surface area contributed by atoms with Crippen molar-refractivity contribution in [2.75, 3.05) is 47.1 Å². The molecule has 1 aliphatic heterocycles. The lowest BCUT2D eigenvalue weighted by molar-refractivity contribution is 0.144. The third kappa shape index (κ3) is 4.61. The molecule has 0 saturated carbocycles. The van der Waals surface area contributed by atoms with Crippen molar-refractivity contribution in [2.45, 2.75) is 6.04 Å². The Kier molecular flexibility index (Phi) is 9.70. The normalized spacial score (nSPS) is 16.3. The Morgan fingerprint density at radius 1 is 1.19 bits per heavy atom. The number of piperazine rings is 1. The Labute approximate surface area is 137 Å². The molecule has 0 amide bonds. The molecule has 122 valence electrons. The van der Waals surface area contributed by atoms with Crippen molar-refractivity contribution < 1.29 is 13.9 Å². The number of benzene rings is 1. The molecule has 1 atom stereocenters. The van der Waals surface area contributed by atoms with Gasteiger partial charge in [-0.15, -0.1) is 24.8 Å². The van der Waals surface area contributed by atoms with Gasteiger partial charge >= 0.3 is 0 Å². The molecule has 0 aliphatic carbocycles. The summed E-state index contributed by atoms with van der Waals surface area (Å²) < 4.78 is 24.2. The van der Waals surface area contributed by atoms with Gasteiger partial charge < -0.3 is 14.8 Å². The summed E-state index contributed by atoms with van der Waals surface area (Å²) in [5, 5.41) is 3.28. The smallest absolute Gasteiger partial charge is 0.165 e. The highest BCUT2D eigenvalue weighted by atomic mass is 35.5. The van der Waals surface area contributed by atoms with Gasteiger partial charge in [-0.05, 0) is 6.07 Å². The van der Waals surface area contributed by atoms with Gasteiger partial charge in [0.15, 0.2) is 11.5 Å². The number of hydrogen-bond acceptors (Lipinski definition) is 4. The van der Waals surface area contributed by atoms with Gasteiger partial charge in [0.1, 0.15) is 6.67 Å². The lowest BCUT2D eigenvalue weighted by Crippen LogP contribution is -2.45. The van der Waals surface area contributed by atoms with Crippen LogP contribution in [0.1, 0.15) is 11.6 Å². The average Bonchev–Trinajstić information content (AvgIpc) is 2.48. The first-order valence-electron chi connectivity index (χ1n) is 6.53. The molecule has 1 aliphatic rings. The van der Waals surface area contributed by atoms with Crippen molar-refractivity contribution >= 4 is 24.8 Å². The summed E-state index contributed by atoms with van der Waals surface area (Å²) in [5.41, 5.74) is 0.853. The van der Waals surface area contributed by atoms with E-state index in [-0.39, 0.29) is 30.9 Å². The lowest BCUT2D eigenvalue weighted by atomic mass is 10.0. The van der Waals surface area contributed by atoms with Crippen LogP contribution in [0.3, 0.4) is 0 Å². The maximum atomic E-state index is 13.5. The highest BCUT2D eigenvalue weighted by Gasteiger charge is 2.26. The largest absolute Gasteiger partial charge is 0.493 e. The first-order chi connectivity index (χ1) is 9.31. The summed E-state index contributed by atoms with van der Waals surface area (Å²) in [6.07, 6.45) is 0. The van der Waals surface area contributed by atoms with Crippen LogP contribution in [0.2, 0.25) is 0 Å². The summed E-state index contributed by atoms with van der Waals surface area (Å²) in [6.45, 7) is 3.04. The summed E-state index contributed by atoms with van der Waals surface area (Å²) in [5.74, 6) is 1.28. The number of nitrogens with zero attached hydrogens (tertiary/aromatic N) is 1. The molecule has 0 aromatic heterocycles. The van der Waals surface area contributed by atoms with Crippen LogP contribution in [0.15, 0.2) is 18.2 Å². The van der Waals surface area contributed by atoms with Gasteiger partial charge in [0.2, 0.25) is 0 Å². The van der Waals surface area contributed by atoms with Gasteiger partial charge in [-0.3, -0.25) is 4.90 Å². The number of alkyl halides is 1. The Morgan fingerprint density at radius 2 is 1.86 bits per heavy atom. The molecule has 0 radical (unpaired) electrons. The van der Waals surface area contributed by atoms with Gasteiger partial charge in [-0.25, -0.2) is 4.39 Å². The van der Waals surface area contributed by atoms with Crippen molar-refractivity contribution in [3.63, 3.8) is 0 Å². The fraction of sp³-hybridized carbons (Fsp3) is 0.571. The second-order valence-corrected chi connectivity index (χ2v) is 4.54. The predicted molar refractivity (Wildman–Crippen MR) is 87.2 cm³/mol. The van der Waals surface area contributed by atoms with Gasteiger partial charge in [0.05, 0.1) is 20.3 Å². The van der Waals surface area contributed by atoms with E-state index < -0.39 is 6.67 Å². The maximum absolute atomic E-state index is 13.5. The zero-order valence-corrected chi connectivity index (χ0v) is 13.9. The third-order valence-corrected chi connectivity index (χ3v) is 3.53. The van der Waals surface area contributed by atoms with Crippen molar-refractivity contribution in [2.24, 2.45) is 0 Å². The van der Waals surface area contributed by atoms with E-state index in [2.05, 4.69) is 10.2 Å². The van der Waals surface area contributed by atoms with E-state index >= 15 is 0 Å². The second-order valence-electron chi connectivity index (χ2n) is 4.54. The SMILES string of the molecule is COc1cccc([C@@H](CF)N2CCNCC2)c1OC.Cl.Cl. The van der Waals surface area contributed by atoms with E-state index in [9.17, 15) is 4.39 Å². The Balaban J connectivity index is 0.00000200. The molecule has 2 rings (SSSR count). The molecule has 0 unspecified atom stereocenters. The van der Waals surface area contributed by atoms with Crippen LogP contribution < -0.4 is 14.8 Å². The maximum Gasteiger partial charge on any atom is 0.165 e. The molecule has 21 heavy (non-hydrogen) atoms. The summed E-state index contributed by atoms with van der Waals surface area (Å²) >= 11 is 0. The molecule has 4 nitrogen and oxygen atoms in total. The molecular weight excluding hydrogens is 318 g/mol. The van der Waals surface area contributed by atoms with Crippen molar-refractivity contribution in [1.82, 2.24) is 10.2 Å². The molecule has 1 aromatic rings. The monoisotopic (exact) mass is 340 g/mol. The highest BCUT2D eigenvalue weighted by Crippen LogP contribution is 2.37. The first kappa shape index (κ1) is 20.2. The zero-order valence-electron chi connectivity index (χ0n) is 12.3. The molecule has 1 N–H and O–H groups in total. The fourth-order valence-corrected chi connectivity index (χ4v) is 2.55. The van der Waals surface area contributed by atoms with E-state index in [1.54, 1.807) is 14.2 Å². The topological polar surface area (TPSA) is 33.7 Å². The molecule has 1 saturated heterocycles. The summed E-state index contributed by atoms with van der Waals surface area (Å²) in [7, 11) is 3.19. The minimum absolute atomic E-state index is 0. The standard InChI is InChI=1S/C14H21FN2O2.2ClH/c1-18-13-5-3-4-11(14(13)19-2)12(10-15)17-8-6-16-7-9-17;;/h3-5,12,16H,6-10H2,1-2H3;2*1H/t12-;;/m1../s1. The number of rotatable bonds is 5. The Morgan fingerprint density at radius 3 is 2.38 bits per heavy atom. The molecular formula is C14H23Cl2FN2O2. The minimum atomic E-state index is -0.427. The number of para-hydroxylation sites is 1. The molecule has 7 heteroatoms. The van der Waals surface area contributed by atoms with Crippen LogP contribution in [-0.2, 0) is 0 Å². The van der Waals surface area contributed by atoms with Crippen molar-refractivity contribution in [3.8, 4) is 11.5 Å². The van der Waals surface area contributed by atoms with Gasteiger partial charge in [0.25, 0.3) is 0 Å². The van der Waals surface area contributed by atoms with Crippen LogP contribution in [-0.4, -0.2) is 52.0 Å². The van der Waals surface area contributed by atoms with Gasteiger partial charge in [0, 0.05) is 31.7 Å². The van der Waals surface area contributed by atoms with Crippen LogP contribution in [0.5, 0.6) is 11.5 Å². The third-order valence-electron chi connectivity index (χ3n) is 3.53. The van der Waals surface area contributed by atoms with Crippen LogP contribution in [0.4, 0.5) is 4.39 Å². The molecule has 1 heterocycles.